The van der Waals surface area contributed by atoms with E-state index in [-0.39, 0.29) is 11.9 Å². The van der Waals surface area contributed by atoms with Crippen molar-refractivity contribution in [3.8, 4) is 11.5 Å². The number of pyridine rings is 1. The van der Waals surface area contributed by atoms with Crippen LogP contribution in [0.1, 0.15) is 54.9 Å². The summed E-state index contributed by atoms with van der Waals surface area (Å²) in [6, 6.07) is 18.5. The quantitative estimate of drug-likeness (QED) is 0.290. The molecule has 0 amide bonds. The fraction of sp³-hybridized carbons (Fsp3) is 0.379. The van der Waals surface area contributed by atoms with Crippen LogP contribution < -0.4 is 14.8 Å². The summed E-state index contributed by atoms with van der Waals surface area (Å²) in [5.74, 6) is 2.49. The van der Waals surface area contributed by atoms with Gasteiger partial charge in [-0.25, -0.2) is 4.98 Å². The summed E-state index contributed by atoms with van der Waals surface area (Å²) in [7, 11) is 0. The molecule has 0 bridgehead atoms. The number of fused-ring (bicyclic) bond motifs is 2. The molecule has 0 spiro atoms. The van der Waals surface area contributed by atoms with Crippen LogP contribution in [0.3, 0.4) is 0 Å². The summed E-state index contributed by atoms with van der Waals surface area (Å²) >= 11 is 0. The largest absolute Gasteiger partial charge is 0.494 e. The minimum Gasteiger partial charge on any atom is -0.494 e. The Hall–Kier alpha value is -3.54. The summed E-state index contributed by atoms with van der Waals surface area (Å²) in [4.78, 5) is 16.6. The van der Waals surface area contributed by atoms with Crippen LogP contribution in [0.15, 0.2) is 60.8 Å². The Kier molecular flexibility index (Phi) is 8.60. The Morgan fingerprint density at radius 1 is 0.971 bits per heavy atom. The lowest BCUT2D eigenvalue weighted by molar-refractivity contribution is -0.143. The summed E-state index contributed by atoms with van der Waals surface area (Å²) < 4.78 is 16.8. The third-order valence-corrected chi connectivity index (χ3v) is 6.18. The minimum atomic E-state index is -0.135. The molecule has 3 aromatic rings. The second-order valence-electron chi connectivity index (χ2n) is 8.65. The van der Waals surface area contributed by atoms with Crippen molar-refractivity contribution in [3.05, 3.63) is 83.0 Å². The maximum atomic E-state index is 12.2. The molecular weight excluding hydrogens is 440 g/mol. The third kappa shape index (κ3) is 6.75. The van der Waals surface area contributed by atoms with Crippen LogP contribution in [-0.4, -0.2) is 37.3 Å². The van der Waals surface area contributed by atoms with Crippen molar-refractivity contribution in [3.63, 3.8) is 0 Å². The lowest BCUT2D eigenvalue weighted by Crippen LogP contribution is -2.13. The highest BCUT2D eigenvalue weighted by Crippen LogP contribution is 2.35. The Morgan fingerprint density at radius 3 is 2.69 bits per heavy atom. The second-order valence-corrected chi connectivity index (χ2v) is 8.65. The molecule has 1 aliphatic carbocycles. The predicted octanol–water partition coefficient (Wildman–Crippen LogP) is 5.55. The highest BCUT2D eigenvalue weighted by Gasteiger charge is 2.24. The van der Waals surface area contributed by atoms with Gasteiger partial charge in [-0.3, -0.25) is 4.79 Å². The number of benzene rings is 2. The van der Waals surface area contributed by atoms with Gasteiger partial charge in [0.25, 0.3) is 0 Å². The maximum Gasteiger partial charge on any atom is 0.306 e. The van der Waals surface area contributed by atoms with Crippen molar-refractivity contribution in [2.75, 3.05) is 31.7 Å². The zero-order valence-corrected chi connectivity index (χ0v) is 20.6. The number of aromatic nitrogens is 1. The third-order valence-electron chi connectivity index (χ3n) is 6.18. The summed E-state index contributed by atoms with van der Waals surface area (Å²) in [5.41, 5.74) is 5.04. The topological polar surface area (TPSA) is 69.7 Å². The van der Waals surface area contributed by atoms with Crippen LogP contribution in [0.2, 0.25) is 0 Å². The molecule has 1 unspecified atom stereocenters. The number of carbonyl (C=O) groups is 1. The maximum absolute atomic E-state index is 12.2. The number of anilines is 1. The Morgan fingerprint density at radius 2 is 1.83 bits per heavy atom. The average Bonchev–Trinajstić information content (AvgIpc) is 3.00. The van der Waals surface area contributed by atoms with Crippen LogP contribution in [0.4, 0.5) is 5.82 Å². The zero-order valence-electron chi connectivity index (χ0n) is 20.6. The van der Waals surface area contributed by atoms with Gasteiger partial charge in [0.2, 0.25) is 0 Å². The molecule has 1 heterocycles. The van der Waals surface area contributed by atoms with Crippen molar-refractivity contribution in [2.45, 2.75) is 45.4 Å². The van der Waals surface area contributed by atoms with E-state index in [2.05, 4.69) is 46.7 Å². The van der Waals surface area contributed by atoms with E-state index < -0.39 is 0 Å². The molecule has 0 aliphatic heterocycles. The van der Waals surface area contributed by atoms with Gasteiger partial charge < -0.3 is 19.5 Å². The van der Waals surface area contributed by atoms with Crippen LogP contribution in [0, 0.1) is 0 Å². The normalized spacial score (nSPS) is 14.3. The van der Waals surface area contributed by atoms with Gasteiger partial charge in [0.05, 0.1) is 26.2 Å². The van der Waals surface area contributed by atoms with Crippen LogP contribution in [-0.2, 0) is 22.4 Å². The number of hydrogen-bond acceptors (Lipinski definition) is 6. The van der Waals surface area contributed by atoms with E-state index in [9.17, 15) is 4.79 Å². The smallest absolute Gasteiger partial charge is 0.306 e. The van der Waals surface area contributed by atoms with Crippen LogP contribution >= 0.6 is 0 Å². The number of carbonyl (C=O) groups excluding carboxylic acids is 1. The molecule has 1 atom stereocenters. The molecule has 1 aliphatic rings. The van der Waals surface area contributed by atoms with Crippen molar-refractivity contribution in [1.29, 1.82) is 0 Å². The first-order valence-electron chi connectivity index (χ1n) is 12.5. The average molecular weight is 475 g/mol. The molecule has 0 saturated carbocycles. The lowest BCUT2D eigenvalue weighted by atomic mass is 9.89. The van der Waals surface area contributed by atoms with Gasteiger partial charge in [-0.2, -0.15) is 0 Å². The van der Waals surface area contributed by atoms with Gasteiger partial charge in [0, 0.05) is 18.8 Å². The summed E-state index contributed by atoms with van der Waals surface area (Å²) in [5, 5.41) is 3.32. The van der Waals surface area contributed by atoms with Gasteiger partial charge in [-0.15, -0.1) is 0 Å². The van der Waals surface area contributed by atoms with Gasteiger partial charge in [0.1, 0.15) is 17.3 Å². The highest BCUT2D eigenvalue weighted by molar-refractivity contribution is 5.71. The van der Waals surface area contributed by atoms with E-state index in [0.717, 1.165) is 43.1 Å². The van der Waals surface area contributed by atoms with Gasteiger partial charge in [0.15, 0.2) is 0 Å². The standard InChI is InChI=1S/C29H34N2O4/c1-3-33-26-12-14-31-28(20-26)30-13-7-15-35-25-11-10-21-16-24(19-29(32)34-4-2)27-9-6-5-8-22(27)17-23(21)18-25/h5-6,8-12,14,18,20,24H,3-4,7,13,15-17,19H2,1-2H3,(H,30,31). The van der Waals surface area contributed by atoms with E-state index in [4.69, 9.17) is 14.2 Å². The van der Waals surface area contributed by atoms with Crippen molar-refractivity contribution >= 4 is 11.8 Å². The van der Waals surface area contributed by atoms with E-state index in [0.29, 0.717) is 26.2 Å². The Balaban J connectivity index is 1.35. The van der Waals surface area contributed by atoms with Gasteiger partial charge in [-0.1, -0.05) is 30.3 Å². The van der Waals surface area contributed by atoms with Crippen molar-refractivity contribution < 1.29 is 19.0 Å². The number of rotatable bonds is 11. The van der Waals surface area contributed by atoms with Crippen LogP contribution in [0.5, 0.6) is 11.5 Å². The molecule has 1 aromatic heterocycles. The molecule has 0 saturated heterocycles. The molecule has 184 valence electrons. The van der Waals surface area contributed by atoms with E-state index in [1.54, 1.807) is 6.20 Å². The first kappa shape index (κ1) is 24.6. The molecule has 0 fully saturated rings. The molecule has 35 heavy (non-hydrogen) atoms. The monoisotopic (exact) mass is 474 g/mol. The molecular formula is C29H34N2O4. The lowest BCUT2D eigenvalue weighted by Gasteiger charge is -2.17. The Bertz CT molecular complexity index is 1130. The minimum absolute atomic E-state index is 0.124. The summed E-state index contributed by atoms with van der Waals surface area (Å²) in [6.07, 6.45) is 4.66. The SMILES string of the molecule is CCOC(=O)CC1Cc2ccc(OCCCNc3cc(OCC)ccn3)cc2Cc2ccccc21. The number of ether oxygens (including phenoxy) is 3. The second kappa shape index (κ2) is 12.2. The van der Waals surface area contributed by atoms with Crippen LogP contribution in [0.25, 0.3) is 0 Å². The molecule has 0 radical (unpaired) electrons. The highest BCUT2D eigenvalue weighted by atomic mass is 16.5. The van der Waals surface area contributed by atoms with E-state index in [1.807, 2.05) is 32.0 Å². The summed E-state index contributed by atoms with van der Waals surface area (Å²) in [6.45, 7) is 6.23. The number of esters is 1. The number of nitrogens with zero attached hydrogens (tertiary/aromatic N) is 1. The molecule has 4 rings (SSSR count). The van der Waals surface area contributed by atoms with Crippen molar-refractivity contribution in [1.82, 2.24) is 4.98 Å². The van der Waals surface area contributed by atoms with E-state index in [1.165, 1.54) is 22.3 Å². The fourth-order valence-corrected chi connectivity index (χ4v) is 4.58. The number of nitrogens with one attached hydrogen (secondary N) is 1. The molecule has 2 aromatic carbocycles. The zero-order chi connectivity index (χ0) is 24.5. The molecule has 1 N–H and O–H groups in total. The first-order chi connectivity index (χ1) is 17.2. The van der Waals surface area contributed by atoms with Gasteiger partial charge in [-0.05, 0) is 79.5 Å². The Labute approximate surface area is 207 Å². The van der Waals surface area contributed by atoms with Gasteiger partial charge >= 0.3 is 5.97 Å². The van der Waals surface area contributed by atoms with E-state index >= 15 is 0 Å². The fourth-order valence-electron chi connectivity index (χ4n) is 4.58. The molecule has 6 heteroatoms. The number of hydrogen-bond donors (Lipinski definition) is 1. The van der Waals surface area contributed by atoms with Crippen molar-refractivity contribution in [2.24, 2.45) is 0 Å². The molecule has 6 nitrogen and oxygen atoms in total. The predicted molar refractivity (Wildman–Crippen MR) is 137 cm³/mol. The first-order valence-corrected chi connectivity index (χ1v) is 12.5.